The number of benzene rings is 1. The van der Waals surface area contributed by atoms with Gasteiger partial charge < -0.3 is 10.0 Å². The Morgan fingerprint density at radius 3 is 2.63 bits per heavy atom. The summed E-state index contributed by atoms with van der Waals surface area (Å²) in [6.45, 7) is 5.19. The molecule has 2 nitrogen and oxygen atoms in total. The Kier molecular flexibility index (Phi) is 4.86. The first-order chi connectivity index (χ1) is 9.11. The first-order valence-electron chi connectivity index (χ1n) is 6.30. The molecule has 0 aliphatic rings. The van der Waals surface area contributed by atoms with E-state index >= 15 is 0 Å². The number of rotatable bonds is 5. The lowest BCUT2D eigenvalue weighted by molar-refractivity contribution is 0.282. The van der Waals surface area contributed by atoms with Crippen molar-refractivity contribution in [2.45, 2.75) is 33.0 Å². The van der Waals surface area contributed by atoms with Crippen LogP contribution in [0.15, 0.2) is 35.7 Å². The molecular formula is C15H18ClNOS. The molecular weight excluding hydrogens is 278 g/mol. The molecule has 0 aliphatic carbocycles. The summed E-state index contributed by atoms with van der Waals surface area (Å²) < 4.78 is 0. The van der Waals surface area contributed by atoms with Gasteiger partial charge >= 0.3 is 0 Å². The fourth-order valence-corrected chi connectivity index (χ4v) is 3.01. The molecule has 0 amide bonds. The predicted octanol–water partition coefficient (Wildman–Crippen LogP) is 4.31. The smallest absolute Gasteiger partial charge is 0.0682 e. The lowest BCUT2D eigenvalue weighted by Gasteiger charge is -2.29. The maximum atomic E-state index is 9.14. The zero-order valence-electron chi connectivity index (χ0n) is 11.1. The second-order valence-electron chi connectivity index (χ2n) is 4.74. The molecule has 1 heterocycles. The molecule has 1 aromatic carbocycles. The van der Waals surface area contributed by atoms with Crippen molar-refractivity contribution in [1.29, 1.82) is 0 Å². The third-order valence-electron chi connectivity index (χ3n) is 3.03. The molecule has 0 fully saturated rings. The fourth-order valence-electron chi connectivity index (χ4n) is 2.00. The van der Waals surface area contributed by atoms with Gasteiger partial charge in [-0.1, -0.05) is 23.7 Å². The van der Waals surface area contributed by atoms with Crippen molar-refractivity contribution in [1.82, 2.24) is 0 Å². The Morgan fingerprint density at radius 2 is 2.11 bits per heavy atom. The topological polar surface area (TPSA) is 23.5 Å². The minimum absolute atomic E-state index is 0.0204. The molecule has 2 rings (SSSR count). The molecule has 1 aromatic heterocycles. The molecule has 0 radical (unpaired) electrons. The molecule has 2 aromatic rings. The summed E-state index contributed by atoms with van der Waals surface area (Å²) in [7, 11) is 0. The second kappa shape index (κ2) is 6.42. The van der Waals surface area contributed by atoms with E-state index in [-0.39, 0.29) is 6.61 Å². The molecule has 0 unspecified atom stereocenters. The molecule has 0 spiro atoms. The van der Waals surface area contributed by atoms with Crippen molar-refractivity contribution in [3.63, 3.8) is 0 Å². The minimum Gasteiger partial charge on any atom is -0.392 e. The summed E-state index contributed by atoms with van der Waals surface area (Å²) in [6.07, 6.45) is 0. The van der Waals surface area contributed by atoms with Crippen LogP contribution in [-0.4, -0.2) is 11.1 Å². The predicted molar refractivity (Wildman–Crippen MR) is 83.0 cm³/mol. The quantitative estimate of drug-likeness (QED) is 0.888. The molecule has 19 heavy (non-hydrogen) atoms. The van der Waals surface area contributed by atoms with Gasteiger partial charge in [0.05, 0.1) is 23.9 Å². The van der Waals surface area contributed by atoms with Gasteiger partial charge in [-0.25, -0.2) is 0 Å². The number of halogens is 1. The van der Waals surface area contributed by atoms with Crippen LogP contribution in [0, 0.1) is 0 Å². The van der Waals surface area contributed by atoms with Crippen LogP contribution in [0.4, 0.5) is 5.69 Å². The Bertz CT molecular complexity index is 525. The van der Waals surface area contributed by atoms with Gasteiger partial charge in [0.25, 0.3) is 0 Å². The molecule has 0 bridgehead atoms. The highest BCUT2D eigenvalue weighted by Crippen LogP contribution is 2.30. The first-order valence-corrected chi connectivity index (χ1v) is 7.56. The van der Waals surface area contributed by atoms with Gasteiger partial charge in [-0.05, 0) is 43.0 Å². The molecule has 0 atom stereocenters. The fraction of sp³-hybridized carbons (Fsp3) is 0.333. The number of thiophene rings is 1. The Labute approximate surface area is 123 Å². The largest absolute Gasteiger partial charge is 0.392 e. The highest BCUT2D eigenvalue weighted by molar-refractivity contribution is 7.09. The molecule has 102 valence electrons. The van der Waals surface area contributed by atoms with E-state index in [0.29, 0.717) is 11.1 Å². The van der Waals surface area contributed by atoms with Gasteiger partial charge in [0.1, 0.15) is 0 Å². The Balaban J connectivity index is 2.28. The van der Waals surface area contributed by atoms with Crippen molar-refractivity contribution >= 4 is 28.6 Å². The lowest BCUT2D eigenvalue weighted by atomic mass is 10.1. The van der Waals surface area contributed by atoms with E-state index in [1.165, 1.54) is 4.88 Å². The van der Waals surface area contributed by atoms with E-state index in [0.717, 1.165) is 17.8 Å². The summed E-state index contributed by atoms with van der Waals surface area (Å²) in [4.78, 5) is 3.59. The summed E-state index contributed by atoms with van der Waals surface area (Å²) in [5.74, 6) is 0. The van der Waals surface area contributed by atoms with Crippen LogP contribution in [0.2, 0.25) is 5.02 Å². The van der Waals surface area contributed by atoms with Crippen LogP contribution in [0.25, 0.3) is 0 Å². The molecule has 0 saturated carbocycles. The second-order valence-corrected chi connectivity index (χ2v) is 6.18. The number of anilines is 1. The van der Waals surface area contributed by atoms with Gasteiger partial charge in [0, 0.05) is 10.9 Å². The zero-order valence-corrected chi connectivity index (χ0v) is 12.7. The summed E-state index contributed by atoms with van der Waals surface area (Å²) >= 11 is 8.09. The zero-order chi connectivity index (χ0) is 13.8. The van der Waals surface area contributed by atoms with Crippen molar-refractivity contribution < 1.29 is 5.11 Å². The van der Waals surface area contributed by atoms with E-state index < -0.39 is 0 Å². The van der Waals surface area contributed by atoms with E-state index in [9.17, 15) is 0 Å². The van der Waals surface area contributed by atoms with E-state index in [2.05, 4.69) is 36.3 Å². The van der Waals surface area contributed by atoms with Gasteiger partial charge in [0.2, 0.25) is 0 Å². The first kappa shape index (κ1) is 14.4. The number of nitrogens with zero attached hydrogens (tertiary/aromatic N) is 1. The Hall–Kier alpha value is -1.03. The van der Waals surface area contributed by atoms with Crippen LogP contribution < -0.4 is 4.90 Å². The highest BCUT2D eigenvalue weighted by Gasteiger charge is 2.15. The SMILES string of the molecule is CC(C)N(Cc1cccs1)c1ccc(CO)cc1Cl. The van der Waals surface area contributed by atoms with Gasteiger partial charge in [-0.3, -0.25) is 0 Å². The summed E-state index contributed by atoms with van der Waals surface area (Å²) in [5.41, 5.74) is 1.86. The van der Waals surface area contributed by atoms with Crippen molar-refractivity contribution in [3.05, 3.63) is 51.2 Å². The van der Waals surface area contributed by atoms with Crippen LogP contribution >= 0.6 is 22.9 Å². The minimum atomic E-state index is 0.0204. The third kappa shape index (κ3) is 3.50. The van der Waals surface area contributed by atoms with Crippen LogP contribution in [0.5, 0.6) is 0 Å². The van der Waals surface area contributed by atoms with Crippen LogP contribution in [0.3, 0.4) is 0 Å². The maximum absolute atomic E-state index is 9.14. The van der Waals surface area contributed by atoms with Gasteiger partial charge in [-0.2, -0.15) is 0 Å². The molecule has 1 N–H and O–H groups in total. The van der Waals surface area contributed by atoms with E-state index in [1.54, 1.807) is 11.3 Å². The van der Waals surface area contributed by atoms with Gasteiger partial charge in [0.15, 0.2) is 0 Å². The monoisotopic (exact) mass is 295 g/mol. The Morgan fingerprint density at radius 1 is 1.32 bits per heavy atom. The van der Waals surface area contributed by atoms with E-state index in [1.807, 2.05) is 18.2 Å². The number of hydrogen-bond donors (Lipinski definition) is 1. The van der Waals surface area contributed by atoms with Crippen molar-refractivity contribution in [2.75, 3.05) is 4.90 Å². The van der Waals surface area contributed by atoms with Crippen molar-refractivity contribution in [3.8, 4) is 0 Å². The van der Waals surface area contributed by atoms with Crippen molar-refractivity contribution in [2.24, 2.45) is 0 Å². The van der Waals surface area contributed by atoms with Gasteiger partial charge in [-0.15, -0.1) is 11.3 Å². The number of aliphatic hydroxyl groups is 1. The average Bonchev–Trinajstić information content (AvgIpc) is 2.89. The lowest BCUT2D eigenvalue weighted by Crippen LogP contribution is -2.30. The molecule has 0 saturated heterocycles. The third-order valence-corrected chi connectivity index (χ3v) is 4.20. The van der Waals surface area contributed by atoms with Crippen LogP contribution in [-0.2, 0) is 13.2 Å². The molecule has 4 heteroatoms. The number of aliphatic hydroxyl groups excluding tert-OH is 1. The van der Waals surface area contributed by atoms with Crippen LogP contribution in [0.1, 0.15) is 24.3 Å². The average molecular weight is 296 g/mol. The maximum Gasteiger partial charge on any atom is 0.0682 e. The standard InChI is InChI=1S/C15H18ClNOS/c1-11(2)17(9-13-4-3-7-19-13)15-6-5-12(10-18)8-14(15)16/h3-8,11,18H,9-10H2,1-2H3. The summed E-state index contributed by atoms with van der Waals surface area (Å²) in [6, 6.07) is 10.3. The summed E-state index contributed by atoms with van der Waals surface area (Å²) in [5, 5.41) is 11.9. The number of hydrogen-bond acceptors (Lipinski definition) is 3. The van der Waals surface area contributed by atoms with E-state index in [4.69, 9.17) is 16.7 Å². The molecule has 0 aliphatic heterocycles. The normalized spacial score (nSPS) is 11.0. The highest BCUT2D eigenvalue weighted by atomic mass is 35.5.